The zero-order valence-corrected chi connectivity index (χ0v) is 13.6. The van der Waals surface area contributed by atoms with Crippen molar-refractivity contribution >= 4 is 15.9 Å². The third-order valence-corrected chi connectivity index (χ3v) is 4.46. The molecule has 0 spiro atoms. The molecule has 6 heteroatoms. The third kappa shape index (κ3) is 3.25. The van der Waals surface area contributed by atoms with Gasteiger partial charge in [0.2, 0.25) is 0 Å². The van der Waals surface area contributed by atoms with E-state index >= 15 is 0 Å². The van der Waals surface area contributed by atoms with E-state index in [1.807, 2.05) is 12.1 Å². The van der Waals surface area contributed by atoms with Crippen molar-refractivity contribution in [1.82, 2.24) is 9.80 Å². The largest absolute Gasteiger partial charge is 0.503 e. The van der Waals surface area contributed by atoms with Crippen molar-refractivity contribution in [2.45, 2.75) is 6.04 Å². The summed E-state index contributed by atoms with van der Waals surface area (Å²) >= 11 is 3.37. The summed E-state index contributed by atoms with van der Waals surface area (Å²) in [5.41, 5.74) is 7.04. The van der Waals surface area contributed by atoms with Crippen molar-refractivity contribution in [3.63, 3.8) is 0 Å². The van der Waals surface area contributed by atoms with E-state index < -0.39 is 0 Å². The van der Waals surface area contributed by atoms with Gasteiger partial charge in [0, 0.05) is 38.8 Å². The number of nitrogens with zero attached hydrogens (tertiary/aromatic N) is 2. The second-order valence-electron chi connectivity index (χ2n) is 5.14. The fourth-order valence-electron chi connectivity index (χ4n) is 2.57. The molecule has 1 aromatic rings. The molecule has 112 valence electrons. The number of hydrogen-bond acceptors (Lipinski definition) is 5. The average molecular weight is 344 g/mol. The fraction of sp³-hybridized carbons (Fsp3) is 0.571. The van der Waals surface area contributed by atoms with Crippen LogP contribution >= 0.6 is 15.9 Å². The molecule has 1 heterocycles. The quantitative estimate of drug-likeness (QED) is 0.865. The summed E-state index contributed by atoms with van der Waals surface area (Å²) in [6.45, 7) is 4.64. The Morgan fingerprint density at radius 3 is 2.55 bits per heavy atom. The van der Waals surface area contributed by atoms with Crippen molar-refractivity contribution < 1.29 is 9.84 Å². The Morgan fingerprint density at radius 2 is 2.00 bits per heavy atom. The van der Waals surface area contributed by atoms with Crippen molar-refractivity contribution in [1.29, 1.82) is 0 Å². The molecule has 0 amide bonds. The SMILES string of the molecule is COc1cc(C(CN)N2CCN(C)CC2)cc(Br)c1O. The Hall–Kier alpha value is -0.820. The molecule has 0 aliphatic carbocycles. The molecule has 1 fully saturated rings. The van der Waals surface area contributed by atoms with Gasteiger partial charge in [0.1, 0.15) is 0 Å². The predicted molar refractivity (Wildman–Crippen MR) is 83.2 cm³/mol. The van der Waals surface area contributed by atoms with Crippen molar-refractivity contribution in [2.24, 2.45) is 5.73 Å². The minimum Gasteiger partial charge on any atom is -0.503 e. The Balaban J connectivity index is 2.25. The van der Waals surface area contributed by atoms with Crippen LogP contribution in [0.2, 0.25) is 0 Å². The van der Waals surface area contributed by atoms with Crippen molar-refractivity contribution in [2.75, 3.05) is 46.9 Å². The number of ether oxygens (including phenoxy) is 1. The molecule has 0 bridgehead atoms. The van der Waals surface area contributed by atoms with Gasteiger partial charge in [0.05, 0.1) is 11.6 Å². The lowest BCUT2D eigenvalue weighted by molar-refractivity contribution is 0.114. The number of phenols is 1. The average Bonchev–Trinajstić information content (AvgIpc) is 2.45. The minimum absolute atomic E-state index is 0.130. The number of halogens is 1. The van der Waals surface area contributed by atoms with Crippen LogP contribution in [0.4, 0.5) is 0 Å². The first kappa shape index (κ1) is 15.6. The number of hydrogen-bond donors (Lipinski definition) is 2. The first-order valence-electron chi connectivity index (χ1n) is 6.76. The summed E-state index contributed by atoms with van der Waals surface area (Å²) in [5, 5.41) is 9.90. The van der Waals surface area contributed by atoms with E-state index in [2.05, 4.69) is 32.8 Å². The van der Waals surface area contributed by atoms with Crippen LogP contribution in [0.15, 0.2) is 16.6 Å². The summed E-state index contributed by atoms with van der Waals surface area (Å²) in [6.07, 6.45) is 0. The molecule has 3 N–H and O–H groups in total. The van der Waals surface area contributed by atoms with Crippen LogP contribution in [-0.4, -0.2) is 61.8 Å². The van der Waals surface area contributed by atoms with Crippen LogP contribution in [0.1, 0.15) is 11.6 Å². The maximum atomic E-state index is 9.90. The summed E-state index contributed by atoms with van der Waals surface area (Å²) in [6, 6.07) is 3.94. The molecule has 0 aromatic heterocycles. The number of rotatable bonds is 4. The molecular weight excluding hydrogens is 322 g/mol. The maximum absolute atomic E-state index is 9.90. The first-order valence-corrected chi connectivity index (χ1v) is 7.55. The molecule has 1 aromatic carbocycles. The lowest BCUT2D eigenvalue weighted by Crippen LogP contribution is -2.47. The second-order valence-corrected chi connectivity index (χ2v) is 6.00. The van der Waals surface area contributed by atoms with Crippen LogP contribution in [-0.2, 0) is 0 Å². The predicted octanol–water partition coefficient (Wildman–Crippen LogP) is 1.41. The van der Waals surface area contributed by atoms with Gasteiger partial charge in [-0.05, 0) is 40.7 Å². The molecule has 1 aliphatic heterocycles. The van der Waals surface area contributed by atoms with Gasteiger partial charge >= 0.3 is 0 Å². The zero-order valence-electron chi connectivity index (χ0n) is 12.0. The number of nitrogens with two attached hydrogens (primary N) is 1. The Bertz CT molecular complexity index is 462. The summed E-state index contributed by atoms with van der Waals surface area (Å²) in [5.74, 6) is 0.604. The van der Waals surface area contributed by atoms with Crippen LogP contribution in [0.5, 0.6) is 11.5 Å². The Morgan fingerprint density at radius 1 is 1.35 bits per heavy atom. The van der Waals surface area contributed by atoms with E-state index in [-0.39, 0.29) is 11.8 Å². The van der Waals surface area contributed by atoms with E-state index in [0.717, 1.165) is 31.7 Å². The molecule has 0 radical (unpaired) electrons. The van der Waals surface area contributed by atoms with Gasteiger partial charge in [0.25, 0.3) is 0 Å². The highest BCUT2D eigenvalue weighted by atomic mass is 79.9. The van der Waals surface area contributed by atoms with Gasteiger partial charge in [-0.25, -0.2) is 0 Å². The van der Waals surface area contributed by atoms with Crippen LogP contribution in [0.3, 0.4) is 0 Å². The smallest absolute Gasteiger partial charge is 0.172 e. The van der Waals surface area contributed by atoms with Gasteiger partial charge < -0.3 is 20.5 Å². The Labute approximate surface area is 128 Å². The maximum Gasteiger partial charge on any atom is 0.172 e. The molecule has 1 saturated heterocycles. The highest BCUT2D eigenvalue weighted by molar-refractivity contribution is 9.10. The normalized spacial score (nSPS) is 19.0. The van der Waals surface area contributed by atoms with Crippen LogP contribution < -0.4 is 10.5 Å². The number of aromatic hydroxyl groups is 1. The monoisotopic (exact) mass is 343 g/mol. The van der Waals surface area contributed by atoms with Gasteiger partial charge in [0.15, 0.2) is 11.5 Å². The Kier molecular flexibility index (Phi) is 5.26. The minimum atomic E-state index is 0.130. The van der Waals surface area contributed by atoms with Gasteiger partial charge in [-0.15, -0.1) is 0 Å². The van der Waals surface area contributed by atoms with E-state index in [4.69, 9.17) is 10.5 Å². The lowest BCUT2D eigenvalue weighted by atomic mass is 10.0. The zero-order chi connectivity index (χ0) is 14.7. The summed E-state index contributed by atoms with van der Waals surface area (Å²) in [7, 11) is 3.69. The first-order chi connectivity index (χ1) is 9.56. The molecule has 1 atom stereocenters. The molecule has 2 rings (SSSR count). The molecule has 20 heavy (non-hydrogen) atoms. The van der Waals surface area contributed by atoms with Gasteiger partial charge in [-0.3, -0.25) is 4.90 Å². The lowest BCUT2D eigenvalue weighted by Gasteiger charge is -2.37. The summed E-state index contributed by atoms with van der Waals surface area (Å²) in [4.78, 5) is 4.70. The molecule has 1 unspecified atom stereocenters. The topological polar surface area (TPSA) is 62.0 Å². The standard InChI is InChI=1S/C14H22BrN3O2/c1-17-3-5-18(6-4-17)12(9-16)10-7-11(15)14(19)13(8-10)20-2/h7-8,12,19H,3-6,9,16H2,1-2H3. The third-order valence-electron chi connectivity index (χ3n) is 3.86. The highest BCUT2D eigenvalue weighted by Crippen LogP contribution is 2.37. The van der Waals surface area contributed by atoms with E-state index in [9.17, 15) is 5.11 Å². The number of methoxy groups -OCH3 is 1. The second kappa shape index (κ2) is 6.76. The molecule has 1 aliphatic rings. The summed E-state index contributed by atoms with van der Waals surface area (Å²) < 4.78 is 5.86. The fourth-order valence-corrected chi connectivity index (χ4v) is 3.03. The number of phenolic OH excluding ortho intramolecular Hbond substituents is 1. The molecule has 0 saturated carbocycles. The van der Waals surface area contributed by atoms with E-state index in [1.165, 1.54) is 0 Å². The molecule has 5 nitrogen and oxygen atoms in total. The van der Waals surface area contributed by atoms with Crippen LogP contribution in [0, 0.1) is 0 Å². The number of piperazine rings is 1. The number of likely N-dealkylation sites (N-methyl/N-ethyl adjacent to an activating group) is 1. The molecular formula is C14H22BrN3O2. The van der Waals surface area contributed by atoms with E-state index in [1.54, 1.807) is 7.11 Å². The van der Waals surface area contributed by atoms with Gasteiger partial charge in [-0.1, -0.05) is 0 Å². The number of benzene rings is 1. The van der Waals surface area contributed by atoms with Crippen molar-refractivity contribution in [3.05, 3.63) is 22.2 Å². The van der Waals surface area contributed by atoms with Crippen LogP contribution in [0.25, 0.3) is 0 Å². The van der Waals surface area contributed by atoms with Gasteiger partial charge in [-0.2, -0.15) is 0 Å². The van der Waals surface area contributed by atoms with E-state index in [0.29, 0.717) is 16.8 Å². The van der Waals surface area contributed by atoms with Crippen molar-refractivity contribution in [3.8, 4) is 11.5 Å². The highest BCUT2D eigenvalue weighted by Gasteiger charge is 2.24.